The van der Waals surface area contributed by atoms with Gasteiger partial charge in [0, 0.05) is 23.7 Å². The highest BCUT2D eigenvalue weighted by atomic mass is 35.5. The molecule has 0 saturated carbocycles. The molecule has 1 atom stereocenters. The van der Waals surface area contributed by atoms with Crippen LogP contribution in [0.25, 0.3) is 0 Å². The van der Waals surface area contributed by atoms with Crippen molar-refractivity contribution in [2.45, 2.75) is 46.0 Å². The molecule has 1 aliphatic rings. The number of esters is 1. The molecule has 0 aliphatic carbocycles. The molecular formula is C33H38Cl2N2O5. The van der Waals surface area contributed by atoms with Crippen molar-refractivity contribution in [3.05, 3.63) is 93.5 Å². The highest BCUT2D eigenvalue weighted by molar-refractivity contribution is 6.39. The number of Topliss-reactive ketones (excluding diaryl/α,β-unsaturated/α-hetero) is 1. The Morgan fingerprint density at radius 3 is 2.19 bits per heavy atom. The number of anilines is 2. The standard InChI is InChI=1S/C17H25NO.C16H13Cl2NO4/c1-3-15-7-9-16(10-8-15)17(19)14(2)13-18-11-5-4-6-12-18;17-11-5-3-6-12(18)16(11)19-13-7-2-1-4-10(13)8-15(22)23-9-14(20)21/h7-10,14H,3-6,11-13H2,1-2H3;1-7,19H,8-9H2,(H,20,21). The Kier molecular flexibility index (Phi) is 13.3. The van der Waals surface area contributed by atoms with Crippen LogP contribution in [0.1, 0.15) is 54.6 Å². The lowest BCUT2D eigenvalue weighted by atomic mass is 9.97. The van der Waals surface area contributed by atoms with Crippen LogP contribution in [0.3, 0.4) is 0 Å². The van der Waals surface area contributed by atoms with Gasteiger partial charge in [-0.1, -0.05) is 92.0 Å². The first kappa shape index (κ1) is 33.1. The second-order valence-electron chi connectivity index (χ2n) is 10.3. The lowest BCUT2D eigenvalue weighted by Gasteiger charge is -2.28. The summed E-state index contributed by atoms with van der Waals surface area (Å²) in [4.78, 5) is 36.9. The maximum absolute atomic E-state index is 12.4. The van der Waals surface area contributed by atoms with Gasteiger partial charge in [-0.2, -0.15) is 0 Å². The summed E-state index contributed by atoms with van der Waals surface area (Å²) in [6, 6.07) is 20.3. The Morgan fingerprint density at radius 1 is 0.929 bits per heavy atom. The average molecular weight is 614 g/mol. The Morgan fingerprint density at radius 2 is 1.57 bits per heavy atom. The number of ketones is 1. The monoisotopic (exact) mass is 612 g/mol. The number of nitrogens with one attached hydrogen (secondary N) is 1. The van der Waals surface area contributed by atoms with Gasteiger partial charge in [-0.3, -0.25) is 9.59 Å². The maximum atomic E-state index is 12.4. The molecule has 42 heavy (non-hydrogen) atoms. The van der Waals surface area contributed by atoms with E-state index in [-0.39, 0.29) is 18.1 Å². The van der Waals surface area contributed by atoms with E-state index in [2.05, 4.69) is 40.9 Å². The molecule has 0 spiro atoms. The van der Waals surface area contributed by atoms with Crippen molar-refractivity contribution in [1.82, 2.24) is 4.90 Å². The van der Waals surface area contributed by atoms with Gasteiger partial charge in [-0.05, 0) is 61.7 Å². The van der Waals surface area contributed by atoms with E-state index in [9.17, 15) is 14.4 Å². The Bertz CT molecular complexity index is 1320. The zero-order valence-corrected chi connectivity index (χ0v) is 25.6. The van der Waals surface area contributed by atoms with Crippen molar-refractivity contribution in [3.8, 4) is 0 Å². The number of aryl methyl sites for hydroxylation is 1. The van der Waals surface area contributed by atoms with Crippen LogP contribution in [-0.2, 0) is 27.2 Å². The number of para-hydroxylation sites is 2. The van der Waals surface area contributed by atoms with Gasteiger partial charge in [0.1, 0.15) is 0 Å². The number of piperidine rings is 1. The molecule has 1 saturated heterocycles. The van der Waals surface area contributed by atoms with Crippen LogP contribution in [0.5, 0.6) is 0 Å². The number of hydrogen-bond donors (Lipinski definition) is 2. The predicted octanol–water partition coefficient (Wildman–Crippen LogP) is 7.46. The molecule has 3 aromatic rings. The quantitative estimate of drug-likeness (QED) is 0.171. The fourth-order valence-electron chi connectivity index (χ4n) is 4.70. The zero-order chi connectivity index (χ0) is 30.5. The number of aliphatic carboxylic acids is 1. The van der Waals surface area contributed by atoms with Gasteiger partial charge >= 0.3 is 11.9 Å². The fourth-order valence-corrected chi connectivity index (χ4v) is 5.19. The lowest BCUT2D eigenvalue weighted by Crippen LogP contribution is -2.35. The minimum absolute atomic E-state index is 0.0709. The van der Waals surface area contributed by atoms with Crippen molar-refractivity contribution in [3.63, 3.8) is 0 Å². The van der Waals surface area contributed by atoms with Gasteiger partial charge in [-0.25, -0.2) is 4.79 Å². The summed E-state index contributed by atoms with van der Waals surface area (Å²) < 4.78 is 4.64. The number of carbonyl (C=O) groups is 3. The number of halogens is 2. The Hall–Kier alpha value is -3.39. The van der Waals surface area contributed by atoms with Gasteiger partial charge in [-0.15, -0.1) is 0 Å². The number of carboxylic acid groups (broad SMARTS) is 1. The SMILES string of the molecule is CCc1ccc(C(=O)C(C)CN2CCCCC2)cc1.O=C(O)COC(=O)Cc1ccccc1Nc1c(Cl)cccc1Cl. The first-order valence-corrected chi connectivity index (χ1v) is 14.9. The molecule has 2 N–H and O–H groups in total. The van der Waals surface area contributed by atoms with E-state index in [1.165, 1.54) is 24.8 Å². The van der Waals surface area contributed by atoms with E-state index in [0.717, 1.165) is 31.6 Å². The van der Waals surface area contributed by atoms with Gasteiger partial charge < -0.3 is 20.1 Å². The molecule has 9 heteroatoms. The largest absolute Gasteiger partial charge is 0.479 e. The minimum atomic E-state index is -1.20. The summed E-state index contributed by atoms with van der Waals surface area (Å²) in [5.74, 6) is -1.45. The van der Waals surface area contributed by atoms with Crippen LogP contribution in [0.15, 0.2) is 66.7 Å². The highest BCUT2D eigenvalue weighted by Gasteiger charge is 2.20. The van der Waals surface area contributed by atoms with Crippen molar-refractivity contribution in [1.29, 1.82) is 0 Å². The van der Waals surface area contributed by atoms with Gasteiger partial charge in [0.15, 0.2) is 12.4 Å². The van der Waals surface area contributed by atoms with Gasteiger partial charge in [0.05, 0.1) is 22.2 Å². The second-order valence-corrected chi connectivity index (χ2v) is 11.1. The van der Waals surface area contributed by atoms with Crippen LogP contribution in [-0.4, -0.2) is 54.0 Å². The third-order valence-corrected chi connectivity index (χ3v) is 7.64. The van der Waals surface area contributed by atoms with E-state index in [0.29, 0.717) is 27.0 Å². The van der Waals surface area contributed by atoms with Crippen LogP contribution < -0.4 is 5.32 Å². The lowest BCUT2D eigenvalue weighted by molar-refractivity contribution is -0.154. The molecule has 1 unspecified atom stereocenters. The molecule has 4 rings (SSSR count). The molecule has 224 valence electrons. The molecular weight excluding hydrogens is 575 g/mol. The molecule has 1 fully saturated rings. The molecule has 3 aromatic carbocycles. The van der Waals surface area contributed by atoms with E-state index < -0.39 is 18.5 Å². The first-order valence-electron chi connectivity index (χ1n) is 14.2. The van der Waals surface area contributed by atoms with Crippen molar-refractivity contribution in [2.75, 3.05) is 31.6 Å². The van der Waals surface area contributed by atoms with E-state index in [1.54, 1.807) is 42.5 Å². The Balaban J connectivity index is 0.000000235. The minimum Gasteiger partial charge on any atom is -0.479 e. The summed E-state index contributed by atoms with van der Waals surface area (Å²) in [5.41, 5.74) is 3.96. The summed E-state index contributed by atoms with van der Waals surface area (Å²) in [7, 11) is 0. The third kappa shape index (κ3) is 10.5. The highest BCUT2D eigenvalue weighted by Crippen LogP contribution is 2.33. The maximum Gasteiger partial charge on any atom is 0.341 e. The van der Waals surface area contributed by atoms with Crippen molar-refractivity contribution in [2.24, 2.45) is 5.92 Å². The van der Waals surface area contributed by atoms with Crippen LogP contribution >= 0.6 is 23.2 Å². The van der Waals surface area contributed by atoms with Crippen LogP contribution in [0.2, 0.25) is 10.0 Å². The summed E-state index contributed by atoms with van der Waals surface area (Å²) >= 11 is 12.2. The molecule has 0 aromatic heterocycles. The Labute approximate surface area is 257 Å². The zero-order valence-electron chi connectivity index (χ0n) is 24.1. The number of ether oxygens (including phenoxy) is 1. The number of benzene rings is 3. The third-order valence-electron chi connectivity index (χ3n) is 7.01. The number of hydrogen-bond acceptors (Lipinski definition) is 6. The number of carbonyl (C=O) groups excluding carboxylic acids is 2. The summed E-state index contributed by atoms with van der Waals surface area (Å²) in [5, 5.41) is 12.5. The first-order chi connectivity index (χ1) is 20.2. The second kappa shape index (κ2) is 16.9. The fraction of sp³-hybridized carbons (Fsp3) is 0.364. The van der Waals surface area contributed by atoms with Crippen molar-refractivity contribution >= 4 is 52.3 Å². The number of likely N-dealkylation sites (tertiary alicyclic amines) is 1. The van der Waals surface area contributed by atoms with E-state index in [4.69, 9.17) is 28.3 Å². The van der Waals surface area contributed by atoms with Gasteiger partial charge in [0.25, 0.3) is 0 Å². The topological polar surface area (TPSA) is 95.9 Å². The molecule has 0 amide bonds. The van der Waals surface area contributed by atoms with Crippen molar-refractivity contribution < 1.29 is 24.2 Å². The molecule has 7 nitrogen and oxygen atoms in total. The van der Waals surface area contributed by atoms with E-state index >= 15 is 0 Å². The smallest absolute Gasteiger partial charge is 0.341 e. The molecule has 1 heterocycles. The molecule has 0 bridgehead atoms. The average Bonchev–Trinajstić information content (AvgIpc) is 2.99. The normalized spacial score (nSPS) is 13.8. The molecule has 0 radical (unpaired) electrons. The summed E-state index contributed by atoms with van der Waals surface area (Å²) in [6.45, 7) is 6.76. The van der Waals surface area contributed by atoms with Gasteiger partial charge in [0.2, 0.25) is 0 Å². The number of rotatable bonds is 11. The van der Waals surface area contributed by atoms with Crippen LogP contribution in [0.4, 0.5) is 11.4 Å². The molecule has 1 aliphatic heterocycles. The summed E-state index contributed by atoms with van der Waals surface area (Å²) in [6.07, 6.45) is 4.87. The number of carboxylic acids is 1. The predicted molar refractivity (Wildman–Crippen MR) is 168 cm³/mol. The number of nitrogens with zero attached hydrogens (tertiary/aromatic N) is 1. The van der Waals surface area contributed by atoms with E-state index in [1.807, 2.05) is 12.1 Å². The van der Waals surface area contributed by atoms with Crippen LogP contribution in [0, 0.1) is 5.92 Å².